The van der Waals surface area contributed by atoms with E-state index in [-0.39, 0.29) is 27.1 Å². The summed E-state index contributed by atoms with van der Waals surface area (Å²) in [5, 5.41) is 0.144. The van der Waals surface area contributed by atoms with Crippen LogP contribution in [0.5, 0.6) is 0 Å². The van der Waals surface area contributed by atoms with E-state index in [2.05, 4.69) is 15.0 Å². The summed E-state index contributed by atoms with van der Waals surface area (Å²) >= 11 is 7.17. The normalized spacial score (nSPS) is 18.6. The first-order chi connectivity index (χ1) is 11.8. The maximum Gasteiger partial charge on any atom is 0.318 e. The van der Waals surface area contributed by atoms with Crippen LogP contribution in [0.25, 0.3) is 0 Å². The second kappa shape index (κ2) is 8.04. The number of aliphatic imine (C=N–C) groups is 3. The van der Waals surface area contributed by atoms with Gasteiger partial charge in [-0.2, -0.15) is 19.3 Å². The van der Waals surface area contributed by atoms with Crippen LogP contribution in [0.2, 0.25) is 5.02 Å². The van der Waals surface area contributed by atoms with Gasteiger partial charge in [0.15, 0.2) is 5.17 Å². The van der Waals surface area contributed by atoms with E-state index in [1.807, 2.05) is 0 Å². The number of hydrogen-bond acceptors (Lipinski definition) is 8. The lowest BCUT2D eigenvalue weighted by Gasteiger charge is -2.30. The third kappa shape index (κ3) is 4.06. The highest BCUT2D eigenvalue weighted by atomic mass is 35.5. The number of halogens is 1. The highest BCUT2D eigenvalue weighted by molar-refractivity contribution is 8.13. The number of nitrogens with zero attached hydrogens (tertiary/aromatic N) is 4. The van der Waals surface area contributed by atoms with Gasteiger partial charge in [-0.15, -0.1) is 0 Å². The number of ether oxygens (including phenoxy) is 2. The average molecular weight is 406 g/mol. The van der Waals surface area contributed by atoms with Gasteiger partial charge in [-0.05, 0) is 18.4 Å². The predicted molar refractivity (Wildman–Crippen MR) is 98.3 cm³/mol. The number of amidine groups is 2. The highest BCUT2D eigenvalue weighted by Crippen LogP contribution is 2.28. The van der Waals surface area contributed by atoms with Crippen LogP contribution in [0.4, 0.5) is 0 Å². The molecule has 25 heavy (non-hydrogen) atoms. The Kier molecular flexibility index (Phi) is 6.27. The topological polar surface area (TPSA) is 119 Å². The Morgan fingerprint density at radius 2 is 2.08 bits per heavy atom. The van der Waals surface area contributed by atoms with Crippen LogP contribution >= 0.6 is 23.4 Å². The summed E-state index contributed by atoms with van der Waals surface area (Å²) in [6.07, 6.45) is 0.413. The molecule has 1 unspecified atom stereocenters. The summed E-state index contributed by atoms with van der Waals surface area (Å²) in [5.41, 5.74) is 5.71. The minimum absolute atomic E-state index is 0.0417. The molecular formula is C13H16ClN5O4S2. The fraction of sp³-hybridized carbons (Fsp3) is 0.308. The van der Waals surface area contributed by atoms with Gasteiger partial charge in [-0.1, -0.05) is 35.5 Å². The molecule has 136 valence electrons. The molecule has 0 spiro atoms. The summed E-state index contributed by atoms with van der Waals surface area (Å²) in [6, 6.07) is 5.89. The number of guanidine groups is 1. The molecule has 1 aromatic rings. The highest BCUT2D eigenvalue weighted by Gasteiger charge is 2.39. The van der Waals surface area contributed by atoms with Crippen molar-refractivity contribution in [1.29, 1.82) is 0 Å². The SMILES string of the molecule is COC1=NC(OC)N(S(=O)(=O)c2ccccc2Cl)C(N=C(N)SC)=N1. The number of benzene rings is 1. The zero-order chi connectivity index (χ0) is 18.6. The molecule has 1 aromatic carbocycles. The maximum absolute atomic E-state index is 13.1. The van der Waals surface area contributed by atoms with Gasteiger partial charge < -0.3 is 15.2 Å². The molecule has 0 aromatic heterocycles. The summed E-state index contributed by atoms with van der Waals surface area (Å²) in [6.45, 7) is 0. The molecule has 1 aliphatic rings. The van der Waals surface area contributed by atoms with Gasteiger partial charge in [0.25, 0.3) is 16.0 Å². The number of thioether (sulfide) groups is 1. The van der Waals surface area contributed by atoms with Crippen molar-refractivity contribution in [2.45, 2.75) is 11.2 Å². The predicted octanol–water partition coefficient (Wildman–Crippen LogP) is 1.31. The van der Waals surface area contributed by atoms with Crippen molar-refractivity contribution in [3.63, 3.8) is 0 Å². The zero-order valence-electron chi connectivity index (χ0n) is 13.6. The van der Waals surface area contributed by atoms with Gasteiger partial charge in [-0.3, -0.25) is 0 Å². The Balaban J connectivity index is 2.64. The molecule has 2 rings (SSSR count). The van der Waals surface area contributed by atoms with Crippen molar-refractivity contribution in [3.8, 4) is 0 Å². The third-order valence-corrected chi connectivity index (χ3v) is 5.73. The minimum Gasteiger partial charge on any atom is -0.467 e. The molecule has 0 saturated carbocycles. The summed E-state index contributed by atoms with van der Waals surface area (Å²) in [5.74, 6) is -0.245. The van der Waals surface area contributed by atoms with Crippen LogP contribution in [0, 0.1) is 0 Å². The standard InChI is InChI=1S/C13H16ClN5O4S2/c1-22-12-17-11(16-10(15)24-3)19(13(18-12)23-2)25(20,21)9-7-5-4-6-8(9)14/h4-7,13H,1-3H3,(H2,15,16,17,18). The van der Waals surface area contributed by atoms with E-state index in [0.29, 0.717) is 0 Å². The van der Waals surface area contributed by atoms with Crippen molar-refractivity contribution in [2.75, 3.05) is 20.5 Å². The lowest BCUT2D eigenvalue weighted by Crippen LogP contribution is -2.47. The van der Waals surface area contributed by atoms with Crippen molar-refractivity contribution in [3.05, 3.63) is 29.3 Å². The van der Waals surface area contributed by atoms with E-state index in [1.54, 1.807) is 18.4 Å². The van der Waals surface area contributed by atoms with Gasteiger partial charge in [0.1, 0.15) is 4.90 Å². The Morgan fingerprint density at radius 1 is 1.40 bits per heavy atom. The second-order valence-electron chi connectivity index (χ2n) is 4.48. The van der Waals surface area contributed by atoms with Crippen molar-refractivity contribution < 1.29 is 17.9 Å². The Morgan fingerprint density at radius 3 is 2.64 bits per heavy atom. The molecule has 1 atom stereocenters. The van der Waals surface area contributed by atoms with Crippen LogP contribution in [0.1, 0.15) is 0 Å². The van der Waals surface area contributed by atoms with Crippen LogP contribution in [-0.4, -0.2) is 56.7 Å². The van der Waals surface area contributed by atoms with E-state index in [9.17, 15) is 8.42 Å². The number of methoxy groups -OCH3 is 2. The largest absolute Gasteiger partial charge is 0.467 e. The fourth-order valence-corrected chi connectivity index (χ4v) is 3.91. The van der Waals surface area contributed by atoms with Gasteiger partial charge in [-0.25, -0.2) is 8.42 Å². The quantitative estimate of drug-likeness (QED) is 0.598. The molecular weight excluding hydrogens is 390 g/mol. The Bertz CT molecular complexity index is 841. The van der Waals surface area contributed by atoms with Crippen LogP contribution in [0.15, 0.2) is 44.1 Å². The molecule has 0 fully saturated rings. The Labute approximate surface area is 154 Å². The number of sulfonamides is 1. The summed E-state index contributed by atoms with van der Waals surface area (Å²) in [4.78, 5) is 11.8. The fourth-order valence-electron chi connectivity index (χ4n) is 1.86. The molecule has 0 radical (unpaired) electrons. The average Bonchev–Trinajstić information content (AvgIpc) is 2.60. The maximum atomic E-state index is 13.1. The van der Waals surface area contributed by atoms with Crippen molar-refractivity contribution >= 4 is 50.5 Å². The second-order valence-corrected chi connectivity index (χ2v) is 7.49. The first kappa shape index (κ1) is 19.5. The molecule has 2 N–H and O–H groups in total. The molecule has 0 saturated heterocycles. The number of hydrogen-bond donors (Lipinski definition) is 1. The lowest BCUT2D eigenvalue weighted by atomic mass is 10.4. The zero-order valence-corrected chi connectivity index (χ0v) is 16.0. The van der Waals surface area contributed by atoms with Gasteiger partial charge in [0.2, 0.25) is 6.35 Å². The van der Waals surface area contributed by atoms with Gasteiger partial charge in [0.05, 0.1) is 12.1 Å². The van der Waals surface area contributed by atoms with Crippen molar-refractivity contribution in [1.82, 2.24) is 4.31 Å². The van der Waals surface area contributed by atoms with E-state index in [4.69, 9.17) is 26.8 Å². The molecule has 9 nitrogen and oxygen atoms in total. The third-order valence-electron chi connectivity index (χ3n) is 3.00. The molecule has 12 heteroatoms. The molecule has 0 amide bonds. The Hall–Kier alpha value is -1.82. The smallest absolute Gasteiger partial charge is 0.318 e. The van der Waals surface area contributed by atoms with Crippen LogP contribution < -0.4 is 5.73 Å². The van der Waals surface area contributed by atoms with Gasteiger partial charge in [0, 0.05) is 7.11 Å². The first-order valence-electron chi connectivity index (χ1n) is 6.75. The molecule has 1 heterocycles. The lowest BCUT2D eigenvalue weighted by molar-refractivity contribution is 0.0480. The molecule has 1 aliphatic heterocycles. The van der Waals surface area contributed by atoms with Crippen molar-refractivity contribution in [2.24, 2.45) is 20.7 Å². The van der Waals surface area contributed by atoms with E-state index in [1.165, 1.54) is 26.4 Å². The van der Waals surface area contributed by atoms with E-state index >= 15 is 0 Å². The monoisotopic (exact) mass is 405 g/mol. The van der Waals surface area contributed by atoms with E-state index < -0.39 is 16.4 Å². The first-order valence-corrected chi connectivity index (χ1v) is 9.79. The van der Waals surface area contributed by atoms with Crippen LogP contribution in [-0.2, 0) is 19.5 Å². The molecule has 0 aliphatic carbocycles. The van der Waals surface area contributed by atoms with E-state index in [0.717, 1.165) is 16.1 Å². The number of rotatable bonds is 3. The summed E-state index contributed by atoms with van der Waals surface area (Å²) in [7, 11) is -1.54. The number of nitrogens with two attached hydrogens (primary N) is 1. The van der Waals surface area contributed by atoms with Gasteiger partial charge >= 0.3 is 6.02 Å². The summed E-state index contributed by atoms with van der Waals surface area (Å²) < 4.78 is 37.1. The molecule has 0 bridgehead atoms. The minimum atomic E-state index is -4.18. The van der Waals surface area contributed by atoms with Crippen LogP contribution in [0.3, 0.4) is 0 Å².